The van der Waals surface area contributed by atoms with Crippen LogP contribution in [0.3, 0.4) is 0 Å². The molecule has 3 N–H and O–H groups in total. The zero-order chi connectivity index (χ0) is 22.1. The van der Waals surface area contributed by atoms with E-state index < -0.39 is 40.9 Å². The molecule has 0 saturated heterocycles. The molecule has 1 aromatic carbocycles. The third-order valence-corrected chi connectivity index (χ3v) is 4.71. The molecule has 30 heavy (non-hydrogen) atoms. The number of amides is 3. The van der Waals surface area contributed by atoms with Crippen molar-refractivity contribution in [3.05, 3.63) is 53.9 Å². The Hall–Kier alpha value is -3.56. The van der Waals surface area contributed by atoms with Gasteiger partial charge in [-0.2, -0.15) is 0 Å². The van der Waals surface area contributed by atoms with Crippen LogP contribution < -0.4 is 20.9 Å². The van der Waals surface area contributed by atoms with E-state index in [9.17, 15) is 23.2 Å². The average molecular weight is 417 g/mol. The van der Waals surface area contributed by atoms with Crippen LogP contribution in [0.2, 0.25) is 0 Å². The molecule has 3 rings (SSSR count). The lowest BCUT2D eigenvalue weighted by atomic mass is 10.0. The third kappa shape index (κ3) is 4.37. The van der Waals surface area contributed by atoms with E-state index in [-0.39, 0.29) is 12.2 Å². The van der Waals surface area contributed by atoms with Crippen LogP contribution in [0.4, 0.5) is 20.2 Å². The normalized spacial score (nSPS) is 16.2. The van der Waals surface area contributed by atoms with Crippen LogP contribution >= 0.6 is 0 Å². The van der Waals surface area contributed by atoms with Gasteiger partial charge in [-0.05, 0) is 44.2 Å². The van der Waals surface area contributed by atoms with Crippen molar-refractivity contribution in [3.63, 3.8) is 0 Å². The largest absolute Gasteiger partial charge is 0.381 e. The quantitative estimate of drug-likeness (QED) is 0.699. The average Bonchev–Trinajstić information content (AvgIpc) is 2.80. The fraction of sp³-hybridized carbons (Fsp3) is 0.300. The molecule has 1 atom stereocenters. The lowest BCUT2D eigenvalue weighted by Crippen LogP contribution is -2.60. The highest BCUT2D eigenvalue weighted by molar-refractivity contribution is 6.04. The van der Waals surface area contributed by atoms with E-state index in [2.05, 4.69) is 20.9 Å². The van der Waals surface area contributed by atoms with Gasteiger partial charge in [-0.3, -0.25) is 14.4 Å². The summed E-state index contributed by atoms with van der Waals surface area (Å²) in [5, 5.41) is 8.15. The van der Waals surface area contributed by atoms with Crippen LogP contribution in [-0.2, 0) is 9.59 Å². The molecule has 1 aliphatic rings. The van der Waals surface area contributed by atoms with E-state index in [1.807, 2.05) is 0 Å². The molecule has 10 heteroatoms. The lowest BCUT2D eigenvalue weighted by Gasteiger charge is -2.28. The molecular weight excluding hydrogens is 396 g/mol. The molecule has 0 radical (unpaired) electrons. The highest BCUT2D eigenvalue weighted by Crippen LogP contribution is 2.28. The van der Waals surface area contributed by atoms with Crippen LogP contribution in [0.1, 0.15) is 24.3 Å². The van der Waals surface area contributed by atoms with Crippen molar-refractivity contribution >= 4 is 29.1 Å². The Morgan fingerprint density at radius 1 is 1.20 bits per heavy atom. The zero-order valence-corrected chi connectivity index (χ0v) is 16.6. The summed E-state index contributed by atoms with van der Waals surface area (Å²) in [4.78, 5) is 42.8. The number of rotatable bonds is 4. The van der Waals surface area contributed by atoms with Crippen LogP contribution in [-0.4, -0.2) is 47.9 Å². The van der Waals surface area contributed by atoms with E-state index in [0.717, 1.165) is 12.3 Å². The Bertz CT molecular complexity index is 994. The highest BCUT2D eigenvalue weighted by atomic mass is 19.1. The molecule has 8 nitrogen and oxygen atoms in total. The molecule has 0 aliphatic carbocycles. The zero-order valence-electron chi connectivity index (χ0n) is 16.6. The molecule has 158 valence electrons. The standard InChI is InChI=1S/C20H21F2N5O3/c1-20(2,26-17(28)14-7-5-12(22)9-23-14)19(30)25-15-10-24-13-6-4-11(21)8-16(13)27(3)18(15)29/h4-9,15,24H,10H2,1-3H3,(H,25,30)(H,26,28). The number of likely N-dealkylation sites (N-methyl/N-ethyl adjacent to an activating group) is 1. The number of hydrogen-bond donors (Lipinski definition) is 3. The smallest absolute Gasteiger partial charge is 0.270 e. The topological polar surface area (TPSA) is 103 Å². The third-order valence-electron chi connectivity index (χ3n) is 4.71. The molecule has 1 aliphatic heterocycles. The van der Waals surface area contributed by atoms with E-state index >= 15 is 0 Å². The SMILES string of the molecule is CN1C(=O)C(NC(=O)C(C)(C)NC(=O)c2ccc(F)cn2)CNc2ccc(F)cc21. The van der Waals surface area contributed by atoms with Crippen molar-refractivity contribution in [3.8, 4) is 0 Å². The van der Waals surface area contributed by atoms with Gasteiger partial charge >= 0.3 is 0 Å². The maximum atomic E-state index is 13.6. The van der Waals surface area contributed by atoms with Crippen LogP contribution in [0.15, 0.2) is 36.5 Å². The monoisotopic (exact) mass is 417 g/mol. The highest BCUT2D eigenvalue weighted by Gasteiger charge is 2.35. The number of carbonyl (C=O) groups excluding carboxylic acids is 3. The first-order chi connectivity index (χ1) is 14.1. The van der Waals surface area contributed by atoms with Gasteiger partial charge in [-0.1, -0.05) is 0 Å². The molecule has 3 amide bonds. The Labute approximate surface area is 171 Å². The predicted octanol–water partition coefficient (Wildman–Crippen LogP) is 1.44. The Kier molecular flexibility index (Phi) is 5.68. The van der Waals surface area contributed by atoms with Crippen molar-refractivity contribution in [1.29, 1.82) is 0 Å². The number of benzene rings is 1. The van der Waals surface area contributed by atoms with Gasteiger partial charge in [0.05, 0.1) is 17.6 Å². The van der Waals surface area contributed by atoms with Gasteiger partial charge in [0.25, 0.3) is 11.8 Å². The predicted molar refractivity (Wildman–Crippen MR) is 106 cm³/mol. The maximum absolute atomic E-state index is 13.6. The molecule has 0 fully saturated rings. The van der Waals surface area contributed by atoms with Gasteiger partial charge in [0.2, 0.25) is 5.91 Å². The fourth-order valence-corrected chi connectivity index (χ4v) is 2.95. The van der Waals surface area contributed by atoms with Gasteiger partial charge in [0.1, 0.15) is 28.9 Å². The molecule has 1 unspecified atom stereocenters. The maximum Gasteiger partial charge on any atom is 0.270 e. The second-order valence-corrected chi connectivity index (χ2v) is 7.41. The van der Waals surface area contributed by atoms with Crippen molar-refractivity contribution in [1.82, 2.24) is 15.6 Å². The molecule has 2 aromatic rings. The number of fused-ring (bicyclic) bond motifs is 1. The minimum atomic E-state index is -1.39. The summed E-state index contributed by atoms with van der Waals surface area (Å²) in [5.74, 6) is -2.80. The number of anilines is 2. The summed E-state index contributed by atoms with van der Waals surface area (Å²) in [5.41, 5.74) is -0.538. The number of aromatic nitrogens is 1. The van der Waals surface area contributed by atoms with E-state index in [1.54, 1.807) is 0 Å². The van der Waals surface area contributed by atoms with Gasteiger partial charge in [0.15, 0.2) is 0 Å². The number of nitrogens with one attached hydrogen (secondary N) is 3. The summed E-state index contributed by atoms with van der Waals surface area (Å²) < 4.78 is 26.6. The molecule has 1 aromatic heterocycles. The number of hydrogen-bond acceptors (Lipinski definition) is 5. The molecular formula is C20H21F2N5O3. The minimum Gasteiger partial charge on any atom is -0.381 e. The van der Waals surface area contributed by atoms with Gasteiger partial charge in [-0.15, -0.1) is 0 Å². The molecule has 0 bridgehead atoms. The number of halogens is 2. The number of nitrogens with zero attached hydrogens (tertiary/aromatic N) is 2. The van der Waals surface area contributed by atoms with Gasteiger partial charge in [0, 0.05) is 13.6 Å². The number of pyridine rings is 1. The first-order valence-corrected chi connectivity index (χ1v) is 9.14. The fourth-order valence-electron chi connectivity index (χ4n) is 2.95. The molecule has 0 saturated carbocycles. The summed E-state index contributed by atoms with van der Waals surface area (Å²) >= 11 is 0. The number of carbonyl (C=O) groups is 3. The van der Waals surface area contributed by atoms with E-state index in [0.29, 0.717) is 11.4 Å². The van der Waals surface area contributed by atoms with Crippen LogP contribution in [0, 0.1) is 11.6 Å². The first-order valence-electron chi connectivity index (χ1n) is 9.14. The lowest BCUT2D eigenvalue weighted by molar-refractivity contribution is -0.130. The van der Waals surface area contributed by atoms with Crippen molar-refractivity contribution in [2.24, 2.45) is 0 Å². The second-order valence-electron chi connectivity index (χ2n) is 7.41. The molecule has 0 spiro atoms. The molecule has 2 heterocycles. The van der Waals surface area contributed by atoms with E-state index in [1.165, 1.54) is 50.1 Å². The van der Waals surface area contributed by atoms with E-state index in [4.69, 9.17) is 0 Å². The van der Waals surface area contributed by atoms with Crippen molar-refractivity contribution < 1.29 is 23.2 Å². The summed E-state index contributed by atoms with van der Waals surface area (Å²) in [6.07, 6.45) is 0.897. The summed E-state index contributed by atoms with van der Waals surface area (Å²) in [6.45, 7) is 3.01. The summed E-state index contributed by atoms with van der Waals surface area (Å²) in [7, 11) is 1.49. The first kappa shape index (κ1) is 21.2. The van der Waals surface area contributed by atoms with Crippen molar-refractivity contribution in [2.45, 2.75) is 25.4 Å². The second kappa shape index (κ2) is 8.05. The van der Waals surface area contributed by atoms with Crippen molar-refractivity contribution in [2.75, 3.05) is 23.8 Å². The van der Waals surface area contributed by atoms with Gasteiger partial charge < -0.3 is 20.9 Å². The Balaban J connectivity index is 1.70. The summed E-state index contributed by atoms with van der Waals surface area (Å²) in [6, 6.07) is 5.34. The van der Waals surface area contributed by atoms with Crippen LogP contribution in [0.25, 0.3) is 0 Å². The Morgan fingerprint density at radius 2 is 1.90 bits per heavy atom. The van der Waals surface area contributed by atoms with Gasteiger partial charge in [-0.25, -0.2) is 13.8 Å². The Morgan fingerprint density at radius 3 is 2.57 bits per heavy atom. The van der Waals surface area contributed by atoms with Crippen LogP contribution in [0.5, 0.6) is 0 Å². The minimum absolute atomic E-state index is 0.0540.